The molecule has 3 heteroatoms. The predicted octanol–water partition coefficient (Wildman–Crippen LogP) is 2.86. The first kappa shape index (κ1) is 7.76. The van der Waals surface area contributed by atoms with Crippen LogP contribution in [-0.2, 0) is 0 Å². The maximum atomic E-state index is 4.12. The average Bonchev–Trinajstić information content (AvgIpc) is 2.78. The van der Waals surface area contributed by atoms with Crippen LogP contribution >= 0.6 is 11.3 Å². The van der Waals surface area contributed by atoms with Crippen molar-refractivity contribution in [1.82, 2.24) is 9.38 Å². The highest BCUT2D eigenvalue weighted by molar-refractivity contribution is 7.20. The Morgan fingerprint density at radius 2 is 2.07 bits per heavy atom. The lowest BCUT2D eigenvalue weighted by atomic mass is 10.2. The number of imidazole rings is 1. The molecule has 0 amide bonds. The Hall–Kier alpha value is -1.61. The van der Waals surface area contributed by atoms with Crippen LogP contribution in [0.2, 0.25) is 0 Å². The fourth-order valence-corrected chi connectivity index (χ4v) is 2.34. The van der Waals surface area contributed by atoms with Gasteiger partial charge in [-0.2, -0.15) is 0 Å². The number of benzene rings is 1. The second-order valence-corrected chi connectivity index (χ2v) is 4.03. The Morgan fingerprint density at radius 3 is 2.86 bits per heavy atom. The van der Waals surface area contributed by atoms with Gasteiger partial charge < -0.3 is 0 Å². The molecule has 14 heavy (non-hydrogen) atoms. The summed E-state index contributed by atoms with van der Waals surface area (Å²) in [7, 11) is 0. The molecule has 0 atom stereocenters. The SMILES string of the molecule is [c]1cn2cc(-c3ccccc3)sc2n1. The molecule has 1 radical (unpaired) electrons. The number of aromatic nitrogens is 2. The number of fused-ring (bicyclic) bond motifs is 1. The summed E-state index contributed by atoms with van der Waals surface area (Å²) in [6.45, 7) is 0. The molecular weight excluding hydrogens is 192 g/mol. The molecule has 0 aliphatic carbocycles. The third-order valence-corrected chi connectivity index (χ3v) is 3.14. The van der Waals surface area contributed by atoms with Crippen LogP contribution in [0.5, 0.6) is 0 Å². The second kappa shape index (κ2) is 2.96. The zero-order valence-corrected chi connectivity index (χ0v) is 8.16. The molecule has 2 nitrogen and oxygen atoms in total. The topological polar surface area (TPSA) is 17.3 Å². The average molecular weight is 199 g/mol. The van der Waals surface area contributed by atoms with E-state index in [9.17, 15) is 0 Å². The molecule has 0 unspecified atom stereocenters. The number of thiazole rings is 1. The fraction of sp³-hybridized carbons (Fsp3) is 0. The molecule has 0 fully saturated rings. The zero-order chi connectivity index (χ0) is 9.38. The number of hydrogen-bond acceptors (Lipinski definition) is 2. The van der Waals surface area contributed by atoms with E-state index in [4.69, 9.17) is 0 Å². The summed E-state index contributed by atoms with van der Waals surface area (Å²) in [5.74, 6) is 0. The second-order valence-electron chi connectivity index (χ2n) is 3.02. The van der Waals surface area contributed by atoms with E-state index in [0.29, 0.717) is 0 Å². The first-order valence-corrected chi connectivity index (χ1v) is 5.15. The summed E-state index contributed by atoms with van der Waals surface area (Å²) in [5, 5.41) is 0. The minimum atomic E-state index is 0.990. The van der Waals surface area contributed by atoms with E-state index in [1.54, 1.807) is 11.3 Å². The largest absolute Gasteiger partial charge is 0.296 e. The Morgan fingerprint density at radius 1 is 1.21 bits per heavy atom. The van der Waals surface area contributed by atoms with Gasteiger partial charge >= 0.3 is 0 Å². The standard InChI is InChI=1S/C11H7N2S/c1-2-4-9(5-3-1)10-8-13-7-6-12-11(13)14-10/h1-5,7-8H. The highest BCUT2D eigenvalue weighted by Gasteiger charge is 2.03. The maximum absolute atomic E-state index is 4.12. The quantitative estimate of drug-likeness (QED) is 0.589. The Labute approximate surface area is 85.5 Å². The molecule has 1 aromatic carbocycles. The first-order valence-electron chi connectivity index (χ1n) is 4.33. The minimum Gasteiger partial charge on any atom is -0.296 e. The van der Waals surface area contributed by atoms with Gasteiger partial charge in [-0.05, 0) is 5.56 Å². The molecule has 0 N–H and O–H groups in total. The van der Waals surface area contributed by atoms with Crippen LogP contribution in [0.25, 0.3) is 15.4 Å². The van der Waals surface area contributed by atoms with Crippen molar-refractivity contribution in [2.75, 3.05) is 0 Å². The molecule has 0 spiro atoms. The highest BCUT2D eigenvalue weighted by atomic mass is 32.1. The van der Waals surface area contributed by atoms with Gasteiger partial charge in [-0.1, -0.05) is 41.7 Å². The van der Waals surface area contributed by atoms with Crippen molar-refractivity contribution >= 4 is 16.3 Å². The number of rotatable bonds is 1. The van der Waals surface area contributed by atoms with Gasteiger partial charge in [-0.15, -0.1) is 0 Å². The van der Waals surface area contributed by atoms with Crippen molar-refractivity contribution in [3.8, 4) is 10.4 Å². The Bertz CT molecular complexity index is 522. The molecule has 0 aliphatic heterocycles. The van der Waals surface area contributed by atoms with Crippen molar-refractivity contribution in [2.24, 2.45) is 0 Å². The molecule has 3 aromatic rings. The summed E-state index contributed by atoms with van der Waals surface area (Å²) in [4.78, 5) is 6.35. The monoisotopic (exact) mass is 199 g/mol. The highest BCUT2D eigenvalue weighted by Crippen LogP contribution is 2.27. The number of nitrogens with zero attached hydrogens (tertiary/aromatic N) is 2. The van der Waals surface area contributed by atoms with Crippen molar-refractivity contribution < 1.29 is 0 Å². The van der Waals surface area contributed by atoms with Crippen LogP contribution in [0.3, 0.4) is 0 Å². The van der Waals surface area contributed by atoms with E-state index in [1.165, 1.54) is 10.4 Å². The predicted molar refractivity (Wildman–Crippen MR) is 57.3 cm³/mol. The van der Waals surface area contributed by atoms with Crippen LogP contribution in [0.15, 0.2) is 42.7 Å². The van der Waals surface area contributed by atoms with Crippen LogP contribution in [0.1, 0.15) is 0 Å². The van der Waals surface area contributed by atoms with Gasteiger partial charge in [-0.3, -0.25) is 4.40 Å². The van der Waals surface area contributed by atoms with E-state index >= 15 is 0 Å². The van der Waals surface area contributed by atoms with Crippen molar-refractivity contribution in [1.29, 1.82) is 0 Å². The molecule has 0 bridgehead atoms. The van der Waals surface area contributed by atoms with Gasteiger partial charge in [0.1, 0.15) is 6.20 Å². The van der Waals surface area contributed by atoms with Crippen LogP contribution in [-0.4, -0.2) is 9.38 Å². The van der Waals surface area contributed by atoms with E-state index in [0.717, 1.165) is 4.96 Å². The van der Waals surface area contributed by atoms with Crippen molar-refractivity contribution in [2.45, 2.75) is 0 Å². The normalized spacial score (nSPS) is 10.9. The smallest absolute Gasteiger partial charge is 0.194 e. The molecule has 2 heterocycles. The summed E-state index contributed by atoms with van der Waals surface area (Å²) in [6.07, 6.45) is 6.75. The van der Waals surface area contributed by atoms with Gasteiger partial charge in [0.05, 0.1) is 4.88 Å². The number of hydrogen-bond donors (Lipinski definition) is 0. The lowest BCUT2D eigenvalue weighted by Crippen LogP contribution is -1.71. The van der Waals surface area contributed by atoms with Gasteiger partial charge in [0.25, 0.3) is 0 Å². The fourth-order valence-electron chi connectivity index (χ4n) is 1.41. The third kappa shape index (κ3) is 1.14. The van der Waals surface area contributed by atoms with Crippen LogP contribution in [0, 0.1) is 6.20 Å². The van der Waals surface area contributed by atoms with E-state index < -0.39 is 0 Å². The summed E-state index contributed by atoms with van der Waals surface area (Å²) in [6, 6.07) is 10.3. The van der Waals surface area contributed by atoms with Gasteiger partial charge in [-0.25, -0.2) is 4.98 Å². The van der Waals surface area contributed by atoms with Crippen LogP contribution in [0.4, 0.5) is 0 Å². The summed E-state index contributed by atoms with van der Waals surface area (Å²) in [5.41, 5.74) is 1.24. The summed E-state index contributed by atoms with van der Waals surface area (Å²) >= 11 is 1.68. The Kier molecular flexibility index (Phi) is 1.64. The van der Waals surface area contributed by atoms with E-state index in [-0.39, 0.29) is 0 Å². The van der Waals surface area contributed by atoms with Crippen molar-refractivity contribution in [3.05, 3.63) is 48.9 Å². The van der Waals surface area contributed by atoms with Gasteiger partial charge in [0.15, 0.2) is 4.96 Å². The molecule has 0 saturated heterocycles. The van der Waals surface area contributed by atoms with Crippen molar-refractivity contribution in [3.63, 3.8) is 0 Å². The van der Waals surface area contributed by atoms with Gasteiger partial charge in [0.2, 0.25) is 0 Å². The molecule has 3 rings (SSSR count). The third-order valence-electron chi connectivity index (χ3n) is 2.09. The van der Waals surface area contributed by atoms with E-state index in [1.807, 2.05) is 28.8 Å². The molecular formula is C11H7N2S. The lowest BCUT2D eigenvalue weighted by Gasteiger charge is -1.92. The molecule has 67 valence electrons. The first-order chi connectivity index (χ1) is 6.93. The Balaban J connectivity index is 2.19. The summed E-state index contributed by atoms with van der Waals surface area (Å²) < 4.78 is 1.99. The van der Waals surface area contributed by atoms with E-state index in [2.05, 4.69) is 29.5 Å². The molecule has 0 aliphatic rings. The molecule has 2 aromatic heterocycles. The lowest BCUT2D eigenvalue weighted by molar-refractivity contribution is 1.23. The minimum absolute atomic E-state index is 0.990. The maximum Gasteiger partial charge on any atom is 0.194 e. The molecule has 0 saturated carbocycles. The zero-order valence-electron chi connectivity index (χ0n) is 7.34. The van der Waals surface area contributed by atoms with Crippen LogP contribution < -0.4 is 0 Å². The van der Waals surface area contributed by atoms with Gasteiger partial charge in [0, 0.05) is 12.4 Å².